The molecule has 0 bridgehead atoms. The van der Waals surface area contributed by atoms with Crippen molar-refractivity contribution in [2.75, 3.05) is 11.9 Å². The maximum Gasteiger partial charge on any atom is 0.224 e. The molecule has 0 radical (unpaired) electrons. The summed E-state index contributed by atoms with van der Waals surface area (Å²) in [6.45, 7) is 7.20. The van der Waals surface area contributed by atoms with Crippen molar-refractivity contribution in [1.82, 2.24) is 5.32 Å². The summed E-state index contributed by atoms with van der Waals surface area (Å²) in [5, 5.41) is 6.36. The first-order valence-corrected chi connectivity index (χ1v) is 7.16. The van der Waals surface area contributed by atoms with E-state index in [-0.39, 0.29) is 5.91 Å². The summed E-state index contributed by atoms with van der Waals surface area (Å²) >= 11 is 0. The summed E-state index contributed by atoms with van der Waals surface area (Å²) in [6, 6.07) is 8.69. The molecule has 3 nitrogen and oxygen atoms in total. The van der Waals surface area contributed by atoms with Gasteiger partial charge in [-0.15, -0.1) is 0 Å². The zero-order chi connectivity index (χ0) is 13.9. The van der Waals surface area contributed by atoms with Gasteiger partial charge in [0.1, 0.15) is 0 Å². The standard InChI is InChI=1S/C16H24N2O/c1-4-17-15(19)11-13-5-7-14(8-6-13)18-12(2)16(3)9-10-16/h5-8,12,18H,4,9-11H2,1-3H3,(H,17,19). The highest BCUT2D eigenvalue weighted by atomic mass is 16.1. The van der Waals surface area contributed by atoms with E-state index in [1.54, 1.807) is 0 Å². The van der Waals surface area contributed by atoms with Gasteiger partial charge in [0.05, 0.1) is 6.42 Å². The minimum atomic E-state index is 0.0852. The molecular weight excluding hydrogens is 236 g/mol. The molecule has 3 heteroatoms. The molecule has 1 aromatic carbocycles. The number of likely N-dealkylation sites (N-methyl/N-ethyl adjacent to an activating group) is 1. The van der Waals surface area contributed by atoms with Crippen molar-refractivity contribution in [3.8, 4) is 0 Å². The van der Waals surface area contributed by atoms with Crippen LogP contribution in [0.4, 0.5) is 5.69 Å². The molecule has 2 rings (SSSR count). The van der Waals surface area contributed by atoms with Crippen LogP contribution in [0.2, 0.25) is 0 Å². The van der Waals surface area contributed by atoms with Gasteiger partial charge in [-0.2, -0.15) is 0 Å². The third-order valence-electron chi connectivity index (χ3n) is 4.16. The van der Waals surface area contributed by atoms with Crippen LogP contribution in [0.3, 0.4) is 0 Å². The van der Waals surface area contributed by atoms with Crippen LogP contribution in [0.5, 0.6) is 0 Å². The number of benzene rings is 1. The Hall–Kier alpha value is -1.51. The summed E-state index contributed by atoms with van der Waals surface area (Å²) in [5.74, 6) is 0.0852. The van der Waals surface area contributed by atoms with Crippen LogP contribution in [-0.2, 0) is 11.2 Å². The molecule has 0 spiro atoms. The Morgan fingerprint density at radius 3 is 2.47 bits per heavy atom. The van der Waals surface area contributed by atoms with E-state index in [2.05, 4.69) is 36.6 Å². The molecule has 0 heterocycles. The number of carbonyl (C=O) groups is 1. The van der Waals surface area contributed by atoms with Crippen LogP contribution >= 0.6 is 0 Å². The van der Waals surface area contributed by atoms with Gasteiger partial charge in [0.15, 0.2) is 0 Å². The zero-order valence-corrected chi connectivity index (χ0v) is 12.1. The summed E-state index contributed by atoms with van der Waals surface area (Å²) < 4.78 is 0. The lowest BCUT2D eigenvalue weighted by Gasteiger charge is -2.21. The van der Waals surface area contributed by atoms with E-state index < -0.39 is 0 Å². The second kappa shape index (κ2) is 5.64. The highest BCUT2D eigenvalue weighted by molar-refractivity contribution is 5.78. The molecule has 0 saturated heterocycles. The lowest BCUT2D eigenvalue weighted by molar-refractivity contribution is -0.120. The normalized spacial score (nSPS) is 17.6. The van der Waals surface area contributed by atoms with Gasteiger partial charge < -0.3 is 10.6 Å². The van der Waals surface area contributed by atoms with Crippen LogP contribution < -0.4 is 10.6 Å². The van der Waals surface area contributed by atoms with Gasteiger partial charge in [0, 0.05) is 18.3 Å². The monoisotopic (exact) mass is 260 g/mol. The van der Waals surface area contributed by atoms with Gasteiger partial charge in [0.25, 0.3) is 0 Å². The van der Waals surface area contributed by atoms with E-state index in [4.69, 9.17) is 0 Å². The molecule has 104 valence electrons. The predicted octanol–water partition coefficient (Wildman–Crippen LogP) is 2.97. The van der Waals surface area contributed by atoms with E-state index in [0.29, 0.717) is 24.4 Å². The Kier molecular flexibility index (Phi) is 4.13. The van der Waals surface area contributed by atoms with Crippen molar-refractivity contribution in [3.05, 3.63) is 29.8 Å². The SMILES string of the molecule is CCNC(=O)Cc1ccc(NC(C)C2(C)CC2)cc1. The van der Waals surface area contributed by atoms with E-state index in [1.807, 2.05) is 19.1 Å². The quantitative estimate of drug-likeness (QED) is 0.825. The minimum absolute atomic E-state index is 0.0852. The first-order valence-electron chi connectivity index (χ1n) is 7.16. The van der Waals surface area contributed by atoms with E-state index >= 15 is 0 Å². The molecule has 1 atom stereocenters. The van der Waals surface area contributed by atoms with Gasteiger partial charge >= 0.3 is 0 Å². The van der Waals surface area contributed by atoms with Gasteiger partial charge in [-0.05, 0) is 49.8 Å². The third kappa shape index (κ3) is 3.72. The molecule has 19 heavy (non-hydrogen) atoms. The number of hydrogen-bond acceptors (Lipinski definition) is 2. The topological polar surface area (TPSA) is 41.1 Å². The second-order valence-corrected chi connectivity index (χ2v) is 5.85. The van der Waals surface area contributed by atoms with Crippen LogP contribution in [0.25, 0.3) is 0 Å². The minimum Gasteiger partial charge on any atom is -0.382 e. The van der Waals surface area contributed by atoms with Crippen LogP contribution in [-0.4, -0.2) is 18.5 Å². The Morgan fingerprint density at radius 1 is 1.32 bits per heavy atom. The average molecular weight is 260 g/mol. The fourth-order valence-electron chi connectivity index (χ4n) is 2.22. The Bertz CT molecular complexity index is 435. The van der Waals surface area contributed by atoms with Crippen molar-refractivity contribution >= 4 is 11.6 Å². The van der Waals surface area contributed by atoms with Crippen molar-refractivity contribution in [2.45, 2.75) is 46.1 Å². The first kappa shape index (κ1) is 13.9. The zero-order valence-electron chi connectivity index (χ0n) is 12.1. The Morgan fingerprint density at radius 2 is 1.95 bits per heavy atom. The summed E-state index contributed by atoms with van der Waals surface area (Å²) in [4.78, 5) is 11.5. The van der Waals surface area contributed by atoms with Crippen molar-refractivity contribution in [2.24, 2.45) is 5.41 Å². The molecule has 1 aliphatic carbocycles. The number of rotatable bonds is 6. The molecular formula is C16H24N2O. The van der Waals surface area contributed by atoms with E-state index in [1.165, 1.54) is 12.8 Å². The molecule has 1 aromatic rings. The molecule has 2 N–H and O–H groups in total. The second-order valence-electron chi connectivity index (χ2n) is 5.85. The highest BCUT2D eigenvalue weighted by Crippen LogP contribution is 2.48. The summed E-state index contributed by atoms with van der Waals surface area (Å²) in [6.07, 6.45) is 3.09. The summed E-state index contributed by atoms with van der Waals surface area (Å²) in [7, 11) is 0. The molecule has 1 fully saturated rings. The van der Waals surface area contributed by atoms with Crippen molar-refractivity contribution < 1.29 is 4.79 Å². The largest absolute Gasteiger partial charge is 0.382 e. The highest BCUT2D eigenvalue weighted by Gasteiger charge is 2.42. The van der Waals surface area contributed by atoms with Crippen LogP contribution in [0.15, 0.2) is 24.3 Å². The van der Waals surface area contributed by atoms with Crippen LogP contribution in [0.1, 0.15) is 39.2 Å². The van der Waals surface area contributed by atoms with Gasteiger partial charge in [-0.25, -0.2) is 0 Å². The Labute approximate surface area is 115 Å². The van der Waals surface area contributed by atoms with Crippen molar-refractivity contribution in [3.63, 3.8) is 0 Å². The van der Waals surface area contributed by atoms with Gasteiger partial charge in [-0.1, -0.05) is 19.1 Å². The van der Waals surface area contributed by atoms with E-state index in [9.17, 15) is 4.79 Å². The molecule has 1 amide bonds. The fourth-order valence-corrected chi connectivity index (χ4v) is 2.22. The molecule has 1 saturated carbocycles. The predicted molar refractivity (Wildman–Crippen MR) is 79.3 cm³/mol. The summed E-state index contributed by atoms with van der Waals surface area (Å²) in [5.41, 5.74) is 2.67. The lowest BCUT2D eigenvalue weighted by Crippen LogP contribution is -2.25. The Balaban J connectivity index is 1.89. The first-order chi connectivity index (χ1) is 9.03. The van der Waals surface area contributed by atoms with Crippen molar-refractivity contribution in [1.29, 1.82) is 0 Å². The molecule has 1 unspecified atom stereocenters. The smallest absolute Gasteiger partial charge is 0.224 e. The molecule has 0 aromatic heterocycles. The number of hydrogen-bond donors (Lipinski definition) is 2. The third-order valence-corrected chi connectivity index (χ3v) is 4.16. The fraction of sp³-hybridized carbons (Fsp3) is 0.562. The molecule has 0 aliphatic heterocycles. The number of carbonyl (C=O) groups excluding carboxylic acids is 1. The molecule has 1 aliphatic rings. The van der Waals surface area contributed by atoms with E-state index in [0.717, 1.165) is 11.3 Å². The van der Waals surface area contributed by atoms with Crippen LogP contribution in [0, 0.1) is 5.41 Å². The average Bonchev–Trinajstić information content (AvgIpc) is 3.11. The number of anilines is 1. The maximum absolute atomic E-state index is 11.5. The van der Waals surface area contributed by atoms with Gasteiger partial charge in [-0.3, -0.25) is 4.79 Å². The maximum atomic E-state index is 11.5. The lowest BCUT2D eigenvalue weighted by atomic mass is 10.0. The number of amides is 1. The van der Waals surface area contributed by atoms with Gasteiger partial charge in [0.2, 0.25) is 5.91 Å². The number of nitrogens with one attached hydrogen (secondary N) is 2.